The molecule has 3 aromatic rings. The lowest BCUT2D eigenvalue weighted by Gasteiger charge is -2.38. The van der Waals surface area contributed by atoms with Crippen LogP contribution in [0.25, 0.3) is 11.1 Å². The average molecular weight is 551 g/mol. The van der Waals surface area contributed by atoms with Gasteiger partial charge < -0.3 is 14.6 Å². The number of carbonyl (C=O) groups is 1. The monoisotopic (exact) mass is 550 g/mol. The Kier molecular flexibility index (Phi) is 8.11. The van der Waals surface area contributed by atoms with Crippen LogP contribution in [0.3, 0.4) is 0 Å². The van der Waals surface area contributed by atoms with Gasteiger partial charge in [0.15, 0.2) is 0 Å². The maximum absolute atomic E-state index is 13.9. The van der Waals surface area contributed by atoms with E-state index in [2.05, 4.69) is 4.90 Å². The second kappa shape index (κ2) is 11.7. The van der Waals surface area contributed by atoms with Crippen molar-refractivity contribution in [2.24, 2.45) is 0 Å². The van der Waals surface area contributed by atoms with E-state index in [9.17, 15) is 24.8 Å². The zero-order chi connectivity index (χ0) is 27.5. The van der Waals surface area contributed by atoms with Crippen LogP contribution in [-0.2, 0) is 11.2 Å². The minimum absolute atomic E-state index is 0.123. The fraction of sp³-hybridized carbons (Fsp3) is 0.379. The Morgan fingerprint density at radius 1 is 1.05 bits per heavy atom. The number of nitro groups is 1. The number of benzene rings is 2. The van der Waals surface area contributed by atoms with E-state index in [1.54, 1.807) is 12.3 Å². The molecule has 0 spiro atoms. The average Bonchev–Trinajstić information content (AvgIpc) is 3.38. The first-order valence-electron chi connectivity index (χ1n) is 13.2. The molecule has 3 heterocycles. The van der Waals surface area contributed by atoms with Crippen molar-refractivity contribution in [2.45, 2.75) is 43.9 Å². The number of aromatic nitrogens is 1. The summed E-state index contributed by atoms with van der Waals surface area (Å²) in [6.45, 7) is 2.73. The Morgan fingerprint density at radius 3 is 2.44 bits per heavy atom. The second-order valence-electron chi connectivity index (χ2n) is 10.3. The highest BCUT2D eigenvalue weighted by molar-refractivity contribution is 6.31. The second-order valence-corrected chi connectivity index (χ2v) is 10.7. The summed E-state index contributed by atoms with van der Waals surface area (Å²) >= 11 is 6.10. The lowest BCUT2D eigenvalue weighted by atomic mass is 9.99. The van der Waals surface area contributed by atoms with Gasteiger partial charge in [-0.1, -0.05) is 41.9 Å². The van der Waals surface area contributed by atoms with Crippen LogP contribution < -0.4 is 5.56 Å². The number of nitrogens with zero attached hydrogens (tertiary/aromatic N) is 4. The third-order valence-electron chi connectivity index (χ3n) is 7.79. The zero-order valence-corrected chi connectivity index (χ0v) is 22.2. The van der Waals surface area contributed by atoms with Crippen molar-refractivity contribution in [2.75, 3.05) is 26.2 Å². The highest BCUT2D eigenvalue weighted by Crippen LogP contribution is 2.32. The molecule has 2 fully saturated rings. The van der Waals surface area contributed by atoms with Gasteiger partial charge in [0.05, 0.1) is 16.6 Å². The molecule has 9 nitrogen and oxygen atoms in total. The number of amides is 1. The smallest absolute Gasteiger partial charge is 0.277 e. The summed E-state index contributed by atoms with van der Waals surface area (Å²) < 4.78 is 1.43. The number of likely N-dealkylation sites (tertiary alicyclic amines) is 2. The van der Waals surface area contributed by atoms with E-state index in [1.807, 2.05) is 35.2 Å². The molecular formula is C29H31ClN4O5. The van der Waals surface area contributed by atoms with Crippen LogP contribution in [0.4, 0.5) is 5.69 Å². The van der Waals surface area contributed by atoms with Crippen LogP contribution in [-0.4, -0.2) is 68.6 Å². The van der Waals surface area contributed by atoms with Crippen molar-refractivity contribution >= 4 is 23.2 Å². The number of aliphatic hydroxyl groups excluding tert-OH is 1. The molecule has 2 aliphatic heterocycles. The van der Waals surface area contributed by atoms with E-state index in [0.717, 1.165) is 31.4 Å². The number of rotatable bonds is 7. The molecule has 2 saturated heterocycles. The summed E-state index contributed by atoms with van der Waals surface area (Å²) in [5.74, 6) is -0.123. The quantitative estimate of drug-likeness (QED) is 0.353. The van der Waals surface area contributed by atoms with Gasteiger partial charge in [0.2, 0.25) is 5.91 Å². The molecule has 2 atom stereocenters. The maximum Gasteiger partial charge on any atom is 0.277 e. The molecule has 0 bridgehead atoms. The van der Waals surface area contributed by atoms with E-state index in [1.165, 1.54) is 28.8 Å². The third kappa shape index (κ3) is 6.06. The van der Waals surface area contributed by atoms with Crippen molar-refractivity contribution in [1.29, 1.82) is 0 Å². The Morgan fingerprint density at radius 2 is 1.79 bits per heavy atom. The number of pyridine rings is 1. The van der Waals surface area contributed by atoms with Crippen LogP contribution in [0.1, 0.15) is 30.9 Å². The molecule has 2 aliphatic rings. The molecule has 1 N–H and O–H groups in total. The lowest BCUT2D eigenvalue weighted by Crippen LogP contribution is -2.49. The Hall–Kier alpha value is -3.53. The van der Waals surface area contributed by atoms with Gasteiger partial charge in [-0.25, -0.2) is 0 Å². The molecule has 5 rings (SSSR count). The van der Waals surface area contributed by atoms with Crippen molar-refractivity contribution in [3.8, 4) is 11.1 Å². The fourth-order valence-corrected chi connectivity index (χ4v) is 5.89. The van der Waals surface area contributed by atoms with E-state index in [0.29, 0.717) is 42.7 Å². The van der Waals surface area contributed by atoms with Crippen molar-refractivity contribution in [1.82, 2.24) is 14.4 Å². The van der Waals surface area contributed by atoms with Crippen LogP contribution in [0.2, 0.25) is 5.02 Å². The maximum atomic E-state index is 13.9. The summed E-state index contributed by atoms with van der Waals surface area (Å²) in [4.78, 5) is 42.5. The summed E-state index contributed by atoms with van der Waals surface area (Å²) in [6.07, 6.45) is 4.05. The van der Waals surface area contributed by atoms with Crippen LogP contribution in [0.5, 0.6) is 0 Å². The molecule has 2 aromatic carbocycles. The Bertz CT molecular complexity index is 1400. The summed E-state index contributed by atoms with van der Waals surface area (Å²) in [5, 5.41) is 21.8. The van der Waals surface area contributed by atoms with Crippen LogP contribution in [0.15, 0.2) is 71.7 Å². The summed E-state index contributed by atoms with van der Waals surface area (Å²) in [6, 6.07) is 16.3. The SMILES string of the molecule is O=C(C(Cc1ccccc1)n1ccc(-c2cc(Cl)ccc2[N+](=O)[O-])cc1=O)N1CCC(N2CCC(O)C2)CC1. The largest absolute Gasteiger partial charge is 0.392 e. The van der Waals surface area contributed by atoms with Gasteiger partial charge in [-0.3, -0.25) is 24.6 Å². The molecule has 10 heteroatoms. The number of piperidine rings is 1. The van der Waals surface area contributed by atoms with Crippen molar-refractivity contribution < 1.29 is 14.8 Å². The molecule has 0 aliphatic carbocycles. The number of halogens is 1. The van der Waals surface area contributed by atoms with E-state index in [-0.39, 0.29) is 23.3 Å². The van der Waals surface area contributed by atoms with E-state index in [4.69, 9.17) is 11.6 Å². The molecule has 1 aromatic heterocycles. The predicted molar refractivity (Wildman–Crippen MR) is 149 cm³/mol. The molecule has 0 saturated carbocycles. The lowest BCUT2D eigenvalue weighted by molar-refractivity contribution is -0.384. The van der Waals surface area contributed by atoms with Crippen molar-refractivity contribution in [3.05, 3.63) is 97.9 Å². The number of carbonyl (C=O) groups excluding carboxylic acids is 1. The van der Waals surface area contributed by atoms with Gasteiger partial charge in [-0.15, -0.1) is 0 Å². The first-order chi connectivity index (χ1) is 18.8. The third-order valence-corrected chi connectivity index (χ3v) is 8.03. The standard InChI is InChI=1S/C29H31ClN4O5/c30-22-6-7-26(34(38)39)25(18-22)21-8-15-33(28(36)17-21)27(16-20-4-2-1-3-5-20)29(37)31-12-9-23(10-13-31)32-14-11-24(35)19-32/h1-8,15,17-18,23-24,27,35H,9-14,16,19H2. The normalized spacial score (nSPS) is 19.2. The summed E-state index contributed by atoms with van der Waals surface area (Å²) in [7, 11) is 0. The zero-order valence-electron chi connectivity index (χ0n) is 21.5. The van der Waals surface area contributed by atoms with E-state index >= 15 is 0 Å². The number of hydrogen-bond donors (Lipinski definition) is 1. The molecule has 2 unspecified atom stereocenters. The number of nitro benzene ring substituents is 1. The van der Waals surface area contributed by atoms with E-state index < -0.39 is 16.5 Å². The molecule has 39 heavy (non-hydrogen) atoms. The number of β-amino-alcohol motifs (C(OH)–C–C–N with tert-alkyl or cyclic N) is 1. The molecule has 1 amide bonds. The minimum atomic E-state index is -0.756. The first-order valence-corrected chi connectivity index (χ1v) is 13.6. The topological polar surface area (TPSA) is 109 Å². The number of hydrogen-bond acceptors (Lipinski definition) is 6. The first kappa shape index (κ1) is 27.1. The molecule has 0 radical (unpaired) electrons. The van der Waals surface area contributed by atoms with Gasteiger partial charge in [-0.05, 0) is 48.6 Å². The summed E-state index contributed by atoms with van der Waals surface area (Å²) in [5.41, 5.74) is 0.971. The Balaban J connectivity index is 1.41. The van der Waals surface area contributed by atoms with Gasteiger partial charge in [0, 0.05) is 62.0 Å². The van der Waals surface area contributed by atoms with Gasteiger partial charge >= 0.3 is 0 Å². The molecule has 204 valence electrons. The van der Waals surface area contributed by atoms with Gasteiger partial charge in [0.1, 0.15) is 6.04 Å². The minimum Gasteiger partial charge on any atom is -0.392 e. The van der Waals surface area contributed by atoms with Gasteiger partial charge in [0.25, 0.3) is 11.2 Å². The van der Waals surface area contributed by atoms with Crippen molar-refractivity contribution in [3.63, 3.8) is 0 Å². The highest BCUT2D eigenvalue weighted by atomic mass is 35.5. The molecular weight excluding hydrogens is 520 g/mol. The predicted octanol–water partition coefficient (Wildman–Crippen LogP) is 3.92. The Labute approximate surface area is 231 Å². The van der Waals surface area contributed by atoms with Gasteiger partial charge in [-0.2, -0.15) is 0 Å². The van der Waals surface area contributed by atoms with Crippen LogP contribution >= 0.6 is 11.6 Å². The highest BCUT2D eigenvalue weighted by Gasteiger charge is 2.34. The van der Waals surface area contributed by atoms with Crippen LogP contribution in [0, 0.1) is 10.1 Å². The fourth-order valence-electron chi connectivity index (χ4n) is 5.72. The number of aliphatic hydroxyl groups is 1.